The van der Waals surface area contributed by atoms with E-state index in [2.05, 4.69) is 14.7 Å². The molecule has 0 saturated carbocycles. The standard InChI is InChI=1S/C22H19F2N3O3.C3H4N2O2/c1-25-13-16(19-17(24)11-15(23)12-18(19)25)20(28)22(30)27-9-7-26(8-10-27)21(29)14-5-3-2-4-6-14;1-2-4-3(6)7-5-2/h2-6,11-13H,7-10H2,1H3;1H3,(H,4,5,6). The first-order valence-corrected chi connectivity index (χ1v) is 11.3. The SMILES string of the molecule is Cc1noc(=O)[nH]1.Cn1cc(C(=O)C(=O)N2CCN(C(=O)c3ccccc3)CC2)c2c(F)cc(F)cc21. The first kappa shape index (κ1) is 25.5. The van der Waals surface area contributed by atoms with Gasteiger partial charge in [-0.2, -0.15) is 0 Å². The Morgan fingerprint density at radius 3 is 2.22 bits per heavy atom. The molecule has 0 atom stereocenters. The average Bonchev–Trinajstić information content (AvgIpc) is 3.44. The summed E-state index contributed by atoms with van der Waals surface area (Å²) >= 11 is 0. The van der Waals surface area contributed by atoms with Crippen molar-refractivity contribution in [2.45, 2.75) is 6.92 Å². The molecule has 0 aliphatic carbocycles. The number of rotatable bonds is 3. The second kappa shape index (κ2) is 10.6. The van der Waals surface area contributed by atoms with Crippen molar-refractivity contribution in [1.82, 2.24) is 24.5 Å². The molecule has 1 N–H and O–H groups in total. The number of H-pyrrole nitrogens is 1. The van der Waals surface area contributed by atoms with Crippen LogP contribution in [-0.4, -0.2) is 68.3 Å². The zero-order chi connectivity index (χ0) is 26.7. The van der Waals surface area contributed by atoms with E-state index in [-0.39, 0.29) is 35.5 Å². The van der Waals surface area contributed by atoms with Crippen molar-refractivity contribution < 1.29 is 27.7 Å². The van der Waals surface area contributed by atoms with Crippen molar-refractivity contribution in [3.05, 3.63) is 87.8 Å². The summed E-state index contributed by atoms with van der Waals surface area (Å²) in [5.74, 6) is -3.40. The topological polar surface area (TPSA) is 122 Å². The summed E-state index contributed by atoms with van der Waals surface area (Å²) in [4.78, 5) is 53.4. The van der Waals surface area contributed by atoms with Crippen molar-refractivity contribution in [3.63, 3.8) is 0 Å². The highest BCUT2D eigenvalue weighted by molar-refractivity contribution is 6.45. The number of hydrogen-bond donors (Lipinski definition) is 1. The van der Waals surface area contributed by atoms with Crippen LogP contribution in [0.3, 0.4) is 0 Å². The molecule has 0 radical (unpaired) electrons. The fourth-order valence-electron chi connectivity index (χ4n) is 4.04. The number of Topliss-reactive ketones (excluding diaryl/α,β-unsaturated/α-hetero) is 1. The fourth-order valence-corrected chi connectivity index (χ4v) is 4.04. The summed E-state index contributed by atoms with van der Waals surface area (Å²) in [6.07, 6.45) is 1.34. The van der Waals surface area contributed by atoms with Crippen LogP contribution in [0.15, 0.2) is 58.0 Å². The van der Waals surface area contributed by atoms with Gasteiger partial charge in [0.2, 0.25) is 0 Å². The minimum Gasteiger partial charge on any atom is -0.350 e. The Balaban J connectivity index is 0.000000396. The molecule has 5 rings (SSSR count). The molecule has 1 saturated heterocycles. The highest BCUT2D eigenvalue weighted by Gasteiger charge is 2.31. The van der Waals surface area contributed by atoms with E-state index in [4.69, 9.17) is 0 Å². The summed E-state index contributed by atoms with van der Waals surface area (Å²) in [6, 6.07) is 10.6. The van der Waals surface area contributed by atoms with E-state index in [1.54, 1.807) is 43.1 Å². The summed E-state index contributed by atoms with van der Waals surface area (Å²) in [7, 11) is 1.55. The lowest BCUT2D eigenvalue weighted by molar-refractivity contribution is -0.127. The zero-order valence-corrected chi connectivity index (χ0v) is 20.0. The molecule has 0 unspecified atom stereocenters. The van der Waals surface area contributed by atoms with Crippen molar-refractivity contribution in [1.29, 1.82) is 0 Å². The number of aromatic nitrogens is 3. The Morgan fingerprint density at radius 2 is 1.65 bits per heavy atom. The van der Waals surface area contributed by atoms with Gasteiger partial charge in [-0.05, 0) is 25.1 Å². The molecule has 37 heavy (non-hydrogen) atoms. The lowest BCUT2D eigenvalue weighted by Crippen LogP contribution is -2.52. The molecule has 1 aliphatic rings. The number of aryl methyl sites for hydroxylation is 2. The third kappa shape index (κ3) is 5.47. The Kier molecular flexibility index (Phi) is 7.27. The number of carbonyl (C=O) groups is 3. The van der Waals surface area contributed by atoms with Gasteiger partial charge >= 0.3 is 5.76 Å². The maximum Gasteiger partial charge on any atom is 0.438 e. The monoisotopic (exact) mass is 511 g/mol. The summed E-state index contributed by atoms with van der Waals surface area (Å²) in [5, 5.41) is 3.20. The van der Waals surface area contributed by atoms with Gasteiger partial charge in [0.15, 0.2) is 0 Å². The van der Waals surface area contributed by atoms with Gasteiger partial charge in [-0.25, -0.2) is 13.6 Å². The quantitative estimate of drug-likeness (QED) is 0.333. The molecule has 192 valence electrons. The van der Waals surface area contributed by atoms with Crippen molar-refractivity contribution in [2.24, 2.45) is 7.05 Å². The number of ketones is 1. The maximum absolute atomic E-state index is 14.3. The number of nitrogens with one attached hydrogen (secondary N) is 1. The largest absolute Gasteiger partial charge is 0.438 e. The normalized spacial score (nSPS) is 13.3. The van der Waals surface area contributed by atoms with Crippen LogP contribution in [0.25, 0.3) is 10.9 Å². The number of hydrogen-bond acceptors (Lipinski definition) is 6. The molecule has 1 aliphatic heterocycles. The average molecular weight is 511 g/mol. The third-order valence-electron chi connectivity index (χ3n) is 5.87. The van der Waals surface area contributed by atoms with Crippen LogP contribution < -0.4 is 5.76 Å². The van der Waals surface area contributed by atoms with Gasteiger partial charge in [-0.15, -0.1) is 0 Å². The molecular formula is C25H23F2N5O5. The molecule has 1 fully saturated rings. The molecule has 10 nitrogen and oxygen atoms in total. The Morgan fingerprint density at radius 1 is 1.00 bits per heavy atom. The molecule has 3 heterocycles. The van der Waals surface area contributed by atoms with Crippen LogP contribution in [0.5, 0.6) is 0 Å². The molecule has 2 aromatic heterocycles. The summed E-state index contributed by atoms with van der Waals surface area (Å²) in [5.41, 5.74) is 0.659. The number of fused-ring (bicyclic) bond motifs is 1. The van der Waals surface area contributed by atoms with Gasteiger partial charge in [0.1, 0.15) is 17.5 Å². The predicted octanol–water partition coefficient (Wildman–Crippen LogP) is 2.30. The highest BCUT2D eigenvalue weighted by atomic mass is 19.1. The van der Waals surface area contributed by atoms with Crippen molar-refractivity contribution >= 4 is 28.5 Å². The summed E-state index contributed by atoms with van der Waals surface area (Å²) < 4.78 is 33.3. The maximum atomic E-state index is 14.3. The molecule has 12 heteroatoms. The van der Waals surface area contributed by atoms with E-state index in [0.29, 0.717) is 30.5 Å². The lowest BCUT2D eigenvalue weighted by Gasteiger charge is -2.34. The van der Waals surface area contributed by atoms with Crippen LogP contribution >= 0.6 is 0 Å². The highest BCUT2D eigenvalue weighted by Crippen LogP contribution is 2.26. The van der Waals surface area contributed by atoms with Crippen molar-refractivity contribution in [2.75, 3.05) is 26.2 Å². The van der Waals surface area contributed by atoms with Crippen LogP contribution in [-0.2, 0) is 11.8 Å². The van der Waals surface area contributed by atoms with E-state index in [1.165, 1.54) is 15.7 Å². The van der Waals surface area contributed by atoms with E-state index in [0.717, 1.165) is 6.07 Å². The van der Waals surface area contributed by atoms with Gasteiger partial charge in [0.05, 0.1) is 11.1 Å². The molecule has 2 amide bonds. The van der Waals surface area contributed by atoms with Gasteiger partial charge in [0, 0.05) is 56.4 Å². The zero-order valence-electron chi connectivity index (χ0n) is 20.0. The van der Waals surface area contributed by atoms with Crippen LogP contribution in [0.2, 0.25) is 0 Å². The minimum atomic E-state index is -0.889. The summed E-state index contributed by atoms with van der Waals surface area (Å²) in [6.45, 7) is 2.63. The number of aromatic amines is 1. The lowest BCUT2D eigenvalue weighted by atomic mass is 10.1. The molecule has 0 bridgehead atoms. The second-order valence-corrected chi connectivity index (χ2v) is 8.40. The second-order valence-electron chi connectivity index (χ2n) is 8.40. The number of carbonyl (C=O) groups excluding carboxylic acids is 3. The number of halogens is 2. The first-order chi connectivity index (χ1) is 17.7. The number of nitrogens with zero attached hydrogens (tertiary/aromatic N) is 4. The Bertz CT molecular complexity index is 1520. The first-order valence-electron chi connectivity index (χ1n) is 11.3. The third-order valence-corrected chi connectivity index (χ3v) is 5.87. The van der Waals surface area contributed by atoms with E-state index < -0.39 is 29.1 Å². The molecule has 2 aromatic carbocycles. The van der Waals surface area contributed by atoms with E-state index >= 15 is 0 Å². The molecule has 0 spiro atoms. The Hall–Kier alpha value is -4.61. The van der Waals surface area contributed by atoms with E-state index in [1.807, 2.05) is 6.07 Å². The minimum absolute atomic E-state index is 0.0739. The van der Waals surface area contributed by atoms with Gasteiger partial charge in [-0.3, -0.25) is 23.9 Å². The Labute approximate surface area is 209 Å². The number of benzene rings is 2. The van der Waals surface area contributed by atoms with Crippen LogP contribution in [0, 0.1) is 18.6 Å². The number of amides is 2. The molecule has 4 aromatic rings. The number of piperazine rings is 1. The predicted molar refractivity (Wildman–Crippen MR) is 128 cm³/mol. The van der Waals surface area contributed by atoms with Gasteiger partial charge in [0.25, 0.3) is 17.6 Å². The van der Waals surface area contributed by atoms with Crippen LogP contribution in [0.1, 0.15) is 26.5 Å². The smallest absolute Gasteiger partial charge is 0.350 e. The van der Waals surface area contributed by atoms with E-state index in [9.17, 15) is 28.0 Å². The molecular weight excluding hydrogens is 488 g/mol. The fraction of sp³-hybridized carbons (Fsp3) is 0.240. The van der Waals surface area contributed by atoms with Gasteiger partial charge < -0.3 is 14.4 Å². The van der Waals surface area contributed by atoms with Crippen LogP contribution in [0.4, 0.5) is 8.78 Å². The van der Waals surface area contributed by atoms with Crippen molar-refractivity contribution in [3.8, 4) is 0 Å². The van der Waals surface area contributed by atoms with Gasteiger partial charge in [-0.1, -0.05) is 23.4 Å².